The molecule has 2 bridgehead atoms. The van der Waals surface area contributed by atoms with Gasteiger partial charge in [-0.15, -0.1) is 0 Å². The van der Waals surface area contributed by atoms with Gasteiger partial charge in [-0.3, -0.25) is 9.59 Å². The molecule has 2 saturated carbocycles. The van der Waals surface area contributed by atoms with Gasteiger partial charge in [0.15, 0.2) is 0 Å². The fraction of sp³-hybridized carbons (Fsp3) is 0.529. The molecule has 3 rings (SSSR count). The van der Waals surface area contributed by atoms with Crippen LogP contribution in [0.2, 0.25) is 5.02 Å². The van der Waals surface area contributed by atoms with Crippen LogP contribution in [0.1, 0.15) is 33.1 Å². The topological polar surface area (TPSA) is 37.4 Å². The van der Waals surface area contributed by atoms with Crippen molar-refractivity contribution in [1.82, 2.24) is 0 Å². The van der Waals surface area contributed by atoms with E-state index < -0.39 is 5.41 Å². The second-order valence-electron chi connectivity index (χ2n) is 6.81. The van der Waals surface area contributed by atoms with Gasteiger partial charge in [0.1, 0.15) is 11.2 Å². The summed E-state index contributed by atoms with van der Waals surface area (Å²) in [5.41, 5.74) is -0.472. The average molecular weight is 306 g/mol. The molecule has 4 heteroatoms. The average Bonchev–Trinajstić information content (AvgIpc) is 2.81. The number of Topliss-reactive ketones (excluding diaryl/α,β-unsaturated/α-hetero) is 1. The van der Waals surface area contributed by atoms with Gasteiger partial charge in [0.25, 0.3) is 0 Å². The molecule has 2 aliphatic carbocycles. The van der Waals surface area contributed by atoms with Gasteiger partial charge in [-0.2, -0.15) is 0 Å². The maximum absolute atomic E-state index is 13.2. The lowest BCUT2D eigenvalue weighted by atomic mass is 9.68. The fourth-order valence-electron chi connectivity index (χ4n) is 4.30. The van der Waals surface area contributed by atoms with E-state index in [0.717, 1.165) is 6.42 Å². The van der Waals surface area contributed by atoms with E-state index in [1.165, 1.54) is 0 Å². The molecule has 1 aromatic carbocycles. The minimum Gasteiger partial charge on any atom is -0.313 e. The Morgan fingerprint density at radius 1 is 1.33 bits per heavy atom. The number of anilines is 1. The SMILES string of the molecule is CN(C(=O)C12CCC(CC1=O)C2(C)C)c1ccccc1Cl. The zero-order valence-electron chi connectivity index (χ0n) is 12.6. The van der Waals surface area contributed by atoms with E-state index in [0.29, 0.717) is 29.5 Å². The van der Waals surface area contributed by atoms with Crippen LogP contribution in [-0.2, 0) is 9.59 Å². The first-order valence-electron chi connectivity index (χ1n) is 7.38. The summed E-state index contributed by atoms with van der Waals surface area (Å²) in [6.07, 6.45) is 2.16. The molecule has 0 radical (unpaired) electrons. The predicted octanol–water partition coefficient (Wildman–Crippen LogP) is 3.70. The third-order valence-electron chi connectivity index (χ3n) is 5.78. The lowest BCUT2D eigenvalue weighted by Gasteiger charge is -2.38. The molecule has 2 atom stereocenters. The van der Waals surface area contributed by atoms with E-state index in [2.05, 4.69) is 13.8 Å². The molecule has 0 aliphatic heterocycles. The van der Waals surface area contributed by atoms with E-state index >= 15 is 0 Å². The van der Waals surface area contributed by atoms with Crippen molar-refractivity contribution in [2.45, 2.75) is 33.1 Å². The second-order valence-corrected chi connectivity index (χ2v) is 7.21. The fourth-order valence-corrected chi connectivity index (χ4v) is 4.56. The van der Waals surface area contributed by atoms with Crippen molar-refractivity contribution in [3.63, 3.8) is 0 Å². The molecule has 3 nitrogen and oxygen atoms in total. The highest BCUT2D eigenvalue weighted by molar-refractivity contribution is 6.34. The minimum absolute atomic E-state index is 0.104. The van der Waals surface area contributed by atoms with Crippen LogP contribution in [0, 0.1) is 16.7 Å². The quantitative estimate of drug-likeness (QED) is 0.781. The molecular weight excluding hydrogens is 286 g/mol. The Kier molecular flexibility index (Phi) is 3.17. The van der Waals surface area contributed by atoms with Crippen molar-refractivity contribution in [3.8, 4) is 0 Å². The smallest absolute Gasteiger partial charge is 0.241 e. The Labute approximate surface area is 130 Å². The number of nitrogens with zero attached hydrogens (tertiary/aromatic N) is 1. The summed E-state index contributed by atoms with van der Waals surface area (Å²) >= 11 is 6.20. The highest BCUT2D eigenvalue weighted by Crippen LogP contribution is 2.64. The first kappa shape index (κ1) is 14.6. The monoisotopic (exact) mass is 305 g/mol. The molecule has 0 spiro atoms. The van der Waals surface area contributed by atoms with Crippen molar-refractivity contribution >= 4 is 29.0 Å². The Bertz CT molecular complexity index is 625. The third-order valence-corrected chi connectivity index (χ3v) is 6.10. The molecule has 0 aromatic heterocycles. The predicted molar refractivity (Wildman–Crippen MR) is 83.4 cm³/mol. The molecule has 21 heavy (non-hydrogen) atoms. The summed E-state index contributed by atoms with van der Waals surface area (Å²) in [6.45, 7) is 4.13. The van der Waals surface area contributed by atoms with Crippen LogP contribution < -0.4 is 4.90 Å². The number of rotatable bonds is 2. The lowest BCUT2D eigenvalue weighted by molar-refractivity contribution is -0.142. The standard InChI is InChI=1S/C17H20ClNO2/c1-16(2)11-8-9-17(16,14(20)10-11)15(21)19(3)13-7-5-4-6-12(13)18/h4-7,11H,8-10H2,1-3H3. The number of carbonyl (C=O) groups is 2. The molecular formula is C17H20ClNO2. The Morgan fingerprint density at radius 3 is 2.52 bits per heavy atom. The molecule has 1 aromatic rings. The van der Waals surface area contributed by atoms with Gasteiger partial charge in [0, 0.05) is 13.5 Å². The maximum Gasteiger partial charge on any atom is 0.241 e. The zero-order chi connectivity index (χ0) is 15.4. The van der Waals surface area contributed by atoms with E-state index in [-0.39, 0.29) is 17.1 Å². The highest BCUT2D eigenvalue weighted by atomic mass is 35.5. The Morgan fingerprint density at radius 2 is 2.00 bits per heavy atom. The van der Waals surface area contributed by atoms with Crippen LogP contribution in [0.3, 0.4) is 0 Å². The molecule has 2 aliphatic rings. The number of hydrogen-bond donors (Lipinski definition) is 0. The first-order valence-corrected chi connectivity index (χ1v) is 7.76. The van der Waals surface area contributed by atoms with Crippen LogP contribution in [0.4, 0.5) is 5.69 Å². The first-order chi connectivity index (χ1) is 9.82. The van der Waals surface area contributed by atoms with Gasteiger partial charge in [-0.1, -0.05) is 37.6 Å². The highest BCUT2D eigenvalue weighted by Gasteiger charge is 2.68. The molecule has 0 N–H and O–H groups in total. The van der Waals surface area contributed by atoms with Gasteiger partial charge in [-0.05, 0) is 36.3 Å². The van der Waals surface area contributed by atoms with Crippen LogP contribution in [0.15, 0.2) is 24.3 Å². The second kappa shape index (κ2) is 4.57. The van der Waals surface area contributed by atoms with E-state index in [1.807, 2.05) is 18.2 Å². The molecule has 2 fully saturated rings. The maximum atomic E-state index is 13.2. The van der Waals surface area contributed by atoms with Gasteiger partial charge >= 0.3 is 0 Å². The number of amides is 1. The molecule has 112 valence electrons. The number of benzene rings is 1. The van der Waals surface area contributed by atoms with Crippen molar-refractivity contribution in [2.75, 3.05) is 11.9 Å². The van der Waals surface area contributed by atoms with E-state index in [4.69, 9.17) is 11.6 Å². The van der Waals surface area contributed by atoms with Crippen LogP contribution in [0.5, 0.6) is 0 Å². The summed E-state index contributed by atoms with van der Waals surface area (Å²) in [6, 6.07) is 7.26. The van der Waals surface area contributed by atoms with Crippen molar-refractivity contribution in [2.24, 2.45) is 16.7 Å². The lowest BCUT2D eigenvalue weighted by Crippen LogP contribution is -2.50. The zero-order valence-corrected chi connectivity index (χ0v) is 13.4. The summed E-state index contributed by atoms with van der Waals surface area (Å²) in [5, 5.41) is 0.530. The molecule has 1 amide bonds. The van der Waals surface area contributed by atoms with E-state index in [1.54, 1.807) is 18.0 Å². The normalized spacial score (nSPS) is 29.7. The van der Waals surface area contributed by atoms with E-state index in [9.17, 15) is 9.59 Å². The molecule has 0 saturated heterocycles. The third kappa shape index (κ3) is 1.73. The Hall–Kier alpha value is -1.35. The minimum atomic E-state index is -0.869. The van der Waals surface area contributed by atoms with Gasteiger partial charge in [-0.25, -0.2) is 0 Å². The molecule has 2 unspecified atom stereocenters. The van der Waals surface area contributed by atoms with Crippen LogP contribution in [-0.4, -0.2) is 18.7 Å². The number of carbonyl (C=O) groups excluding carboxylic acids is 2. The number of hydrogen-bond acceptors (Lipinski definition) is 2. The van der Waals surface area contributed by atoms with Gasteiger partial charge < -0.3 is 4.90 Å². The summed E-state index contributed by atoms with van der Waals surface area (Å²) in [5.74, 6) is 0.326. The van der Waals surface area contributed by atoms with Crippen molar-refractivity contribution in [3.05, 3.63) is 29.3 Å². The summed E-state index contributed by atoms with van der Waals surface area (Å²) in [4.78, 5) is 27.3. The summed E-state index contributed by atoms with van der Waals surface area (Å²) in [7, 11) is 1.72. The largest absolute Gasteiger partial charge is 0.313 e. The van der Waals surface area contributed by atoms with Gasteiger partial charge in [0.05, 0.1) is 10.7 Å². The van der Waals surface area contributed by atoms with Crippen molar-refractivity contribution in [1.29, 1.82) is 0 Å². The summed E-state index contributed by atoms with van der Waals surface area (Å²) < 4.78 is 0. The number of para-hydroxylation sites is 1. The number of fused-ring (bicyclic) bond motifs is 2. The molecule has 0 heterocycles. The van der Waals surface area contributed by atoms with Gasteiger partial charge in [0.2, 0.25) is 5.91 Å². The number of ketones is 1. The number of halogens is 1. The Balaban J connectivity index is 2.02. The van der Waals surface area contributed by atoms with Crippen molar-refractivity contribution < 1.29 is 9.59 Å². The van der Waals surface area contributed by atoms with Crippen LogP contribution in [0.25, 0.3) is 0 Å². The van der Waals surface area contributed by atoms with Crippen LogP contribution >= 0.6 is 11.6 Å².